The Morgan fingerprint density at radius 3 is 2.84 bits per heavy atom. The van der Waals surface area contributed by atoms with Gasteiger partial charge in [-0.1, -0.05) is 23.4 Å². The van der Waals surface area contributed by atoms with E-state index in [1.54, 1.807) is 0 Å². The minimum atomic E-state index is -0.0918. The molecule has 1 N–H and O–H groups in total. The third kappa shape index (κ3) is 2.97. The number of aryl methyl sites for hydroxylation is 1. The number of fused-ring (bicyclic) bond motifs is 1. The smallest absolute Gasteiger partial charge is 0.322 e. The number of hydrogen-bond acceptors (Lipinski definition) is 4. The summed E-state index contributed by atoms with van der Waals surface area (Å²) < 4.78 is 5.44. The van der Waals surface area contributed by atoms with E-state index in [2.05, 4.69) is 41.5 Å². The van der Waals surface area contributed by atoms with Crippen LogP contribution in [0.2, 0.25) is 0 Å². The maximum absolute atomic E-state index is 13.0. The van der Waals surface area contributed by atoms with Crippen LogP contribution in [0.15, 0.2) is 28.8 Å². The minimum absolute atomic E-state index is 0.0918. The van der Waals surface area contributed by atoms with Gasteiger partial charge in [-0.05, 0) is 38.3 Å². The molecular weight excluding hydrogens is 316 g/mol. The van der Waals surface area contributed by atoms with E-state index >= 15 is 0 Å². The second kappa shape index (κ2) is 6.10. The predicted molar refractivity (Wildman–Crippen MR) is 97.0 cm³/mol. The molecule has 25 heavy (non-hydrogen) atoms. The Kier molecular flexibility index (Phi) is 3.90. The molecule has 2 aliphatic rings. The van der Waals surface area contributed by atoms with Crippen LogP contribution in [0.25, 0.3) is 0 Å². The van der Waals surface area contributed by atoms with Crippen molar-refractivity contribution in [3.8, 4) is 0 Å². The van der Waals surface area contributed by atoms with Crippen molar-refractivity contribution in [1.82, 2.24) is 10.1 Å². The minimum Gasteiger partial charge on any atom is -0.372 e. The van der Waals surface area contributed by atoms with E-state index in [0.717, 1.165) is 42.1 Å². The summed E-state index contributed by atoms with van der Waals surface area (Å²) in [6.07, 6.45) is 2.21. The van der Waals surface area contributed by atoms with E-state index in [1.807, 2.05) is 24.0 Å². The van der Waals surface area contributed by atoms with Gasteiger partial charge in [0, 0.05) is 37.8 Å². The first-order valence-electron chi connectivity index (χ1n) is 8.87. The first-order valence-corrected chi connectivity index (χ1v) is 8.87. The van der Waals surface area contributed by atoms with Gasteiger partial charge < -0.3 is 19.6 Å². The molecular formula is C19H24N4O2. The van der Waals surface area contributed by atoms with Crippen molar-refractivity contribution < 1.29 is 9.32 Å². The van der Waals surface area contributed by atoms with Gasteiger partial charge in [-0.2, -0.15) is 0 Å². The van der Waals surface area contributed by atoms with E-state index in [-0.39, 0.29) is 12.1 Å². The van der Waals surface area contributed by atoms with Crippen molar-refractivity contribution in [3.63, 3.8) is 0 Å². The zero-order chi connectivity index (χ0) is 17.6. The van der Waals surface area contributed by atoms with Crippen LogP contribution in [0.4, 0.5) is 16.2 Å². The number of likely N-dealkylation sites (N-methyl/N-ethyl adjacent to an activating group) is 1. The summed E-state index contributed by atoms with van der Waals surface area (Å²) in [5.41, 5.74) is 3.85. The van der Waals surface area contributed by atoms with Crippen LogP contribution in [0.5, 0.6) is 0 Å². The summed E-state index contributed by atoms with van der Waals surface area (Å²) >= 11 is 0. The summed E-state index contributed by atoms with van der Waals surface area (Å²) in [6, 6.07) is 8.27. The van der Waals surface area contributed by atoms with Crippen molar-refractivity contribution in [2.24, 2.45) is 0 Å². The van der Waals surface area contributed by atoms with E-state index in [4.69, 9.17) is 4.52 Å². The number of rotatable bonds is 2. The van der Waals surface area contributed by atoms with Gasteiger partial charge in [0.05, 0.1) is 0 Å². The SMILES string of the molecule is Cc1noc(C2CC2)c1NC(=O)N1Cc2ccccc2N(C)C[C@@H]1C. The standard InChI is InChI=1S/C19H24N4O2/c1-12-10-22(3)16-7-5-4-6-15(16)11-23(12)19(24)20-17-13(2)21-25-18(17)14-8-9-14/h4-7,12,14H,8-11H2,1-3H3,(H,20,24)/t12-/m0/s1. The largest absolute Gasteiger partial charge is 0.372 e. The Morgan fingerprint density at radius 1 is 1.32 bits per heavy atom. The van der Waals surface area contributed by atoms with Gasteiger partial charge in [0.2, 0.25) is 0 Å². The Hall–Kier alpha value is -2.50. The summed E-state index contributed by atoms with van der Waals surface area (Å²) in [5.74, 6) is 1.23. The van der Waals surface area contributed by atoms with Gasteiger partial charge in [-0.25, -0.2) is 4.79 Å². The highest BCUT2D eigenvalue weighted by Crippen LogP contribution is 2.44. The lowest BCUT2D eigenvalue weighted by atomic mass is 10.1. The zero-order valence-corrected chi connectivity index (χ0v) is 15.0. The molecule has 1 aromatic heterocycles. The molecule has 6 heteroatoms. The highest BCUT2D eigenvalue weighted by atomic mass is 16.5. The lowest BCUT2D eigenvalue weighted by molar-refractivity contribution is 0.192. The molecule has 0 spiro atoms. The molecule has 2 heterocycles. The Bertz CT molecular complexity index is 796. The molecule has 1 saturated carbocycles. The van der Waals surface area contributed by atoms with Crippen LogP contribution < -0.4 is 10.2 Å². The topological polar surface area (TPSA) is 61.6 Å². The number of para-hydroxylation sites is 1. The number of amides is 2. The van der Waals surface area contributed by atoms with Crippen molar-refractivity contribution in [2.45, 2.75) is 45.2 Å². The third-order valence-corrected chi connectivity index (χ3v) is 5.14. The van der Waals surface area contributed by atoms with Gasteiger partial charge in [-0.3, -0.25) is 0 Å². The average molecular weight is 340 g/mol. The number of benzene rings is 1. The molecule has 1 aromatic carbocycles. The quantitative estimate of drug-likeness (QED) is 0.905. The molecule has 0 unspecified atom stereocenters. The van der Waals surface area contributed by atoms with Crippen LogP contribution in [0.1, 0.15) is 42.7 Å². The fourth-order valence-electron chi connectivity index (χ4n) is 3.56. The second-order valence-corrected chi connectivity index (χ2v) is 7.20. The van der Waals surface area contributed by atoms with E-state index in [9.17, 15) is 4.79 Å². The maximum Gasteiger partial charge on any atom is 0.322 e. The molecule has 1 atom stereocenters. The Labute approximate surface area is 147 Å². The predicted octanol–water partition coefficient (Wildman–Crippen LogP) is 3.73. The monoisotopic (exact) mass is 340 g/mol. The van der Waals surface area contributed by atoms with Gasteiger partial charge in [0.25, 0.3) is 0 Å². The first kappa shape index (κ1) is 16.0. The summed E-state index contributed by atoms with van der Waals surface area (Å²) in [4.78, 5) is 17.1. The molecule has 6 nitrogen and oxygen atoms in total. The number of aromatic nitrogens is 1. The summed E-state index contributed by atoms with van der Waals surface area (Å²) in [7, 11) is 2.08. The molecule has 132 valence electrons. The number of anilines is 2. The number of hydrogen-bond donors (Lipinski definition) is 1. The van der Waals surface area contributed by atoms with Gasteiger partial charge in [-0.15, -0.1) is 0 Å². The third-order valence-electron chi connectivity index (χ3n) is 5.14. The van der Waals surface area contributed by atoms with Gasteiger partial charge >= 0.3 is 6.03 Å². The average Bonchev–Trinajstić information content (AvgIpc) is 3.38. The number of nitrogens with one attached hydrogen (secondary N) is 1. The number of carbonyl (C=O) groups excluding carboxylic acids is 1. The number of carbonyl (C=O) groups is 1. The van der Waals surface area contributed by atoms with E-state index in [1.165, 1.54) is 5.69 Å². The first-order chi connectivity index (χ1) is 12.0. The second-order valence-electron chi connectivity index (χ2n) is 7.20. The Morgan fingerprint density at radius 2 is 2.08 bits per heavy atom. The van der Waals surface area contributed by atoms with Crippen molar-refractivity contribution >= 4 is 17.4 Å². The van der Waals surface area contributed by atoms with Crippen molar-refractivity contribution in [3.05, 3.63) is 41.3 Å². The molecule has 2 aromatic rings. The summed E-state index contributed by atoms with van der Waals surface area (Å²) in [6.45, 7) is 5.35. The van der Waals surface area contributed by atoms with Crippen LogP contribution in [0.3, 0.4) is 0 Å². The van der Waals surface area contributed by atoms with Crippen LogP contribution in [0, 0.1) is 6.92 Å². The van der Waals surface area contributed by atoms with E-state index < -0.39 is 0 Å². The maximum atomic E-state index is 13.0. The van der Waals surface area contributed by atoms with Crippen LogP contribution >= 0.6 is 0 Å². The normalized spacial score (nSPS) is 20.2. The fraction of sp³-hybridized carbons (Fsp3) is 0.474. The van der Waals surface area contributed by atoms with Crippen molar-refractivity contribution in [2.75, 3.05) is 23.8 Å². The van der Waals surface area contributed by atoms with Crippen LogP contribution in [-0.4, -0.2) is 35.7 Å². The fourth-order valence-corrected chi connectivity index (χ4v) is 3.56. The molecule has 0 saturated heterocycles. The highest BCUT2D eigenvalue weighted by Gasteiger charge is 2.34. The van der Waals surface area contributed by atoms with Gasteiger partial charge in [0.15, 0.2) is 5.76 Å². The van der Waals surface area contributed by atoms with Crippen LogP contribution in [-0.2, 0) is 6.54 Å². The lowest BCUT2D eigenvalue weighted by Gasteiger charge is -2.28. The molecule has 4 rings (SSSR count). The lowest BCUT2D eigenvalue weighted by Crippen LogP contribution is -2.44. The van der Waals surface area contributed by atoms with Crippen molar-refractivity contribution in [1.29, 1.82) is 0 Å². The van der Waals surface area contributed by atoms with E-state index in [0.29, 0.717) is 12.5 Å². The number of nitrogens with zero attached hydrogens (tertiary/aromatic N) is 3. The molecule has 0 radical (unpaired) electrons. The zero-order valence-electron chi connectivity index (χ0n) is 15.0. The molecule has 2 amide bonds. The van der Waals surface area contributed by atoms with Gasteiger partial charge in [0.1, 0.15) is 11.4 Å². The highest BCUT2D eigenvalue weighted by molar-refractivity contribution is 5.91. The molecule has 0 bridgehead atoms. The molecule has 1 aliphatic carbocycles. The Balaban J connectivity index is 1.58. The molecule has 1 aliphatic heterocycles. The summed E-state index contributed by atoms with van der Waals surface area (Å²) in [5, 5.41) is 7.11. The number of urea groups is 1. The molecule has 1 fully saturated rings.